The Morgan fingerprint density at radius 3 is 2.91 bits per heavy atom. The fraction of sp³-hybridized carbons (Fsp3) is 0.476. The molecular weight excluding hydrogens is 450 g/mol. The van der Waals surface area contributed by atoms with Crippen LogP contribution in [0.5, 0.6) is 5.75 Å². The molecule has 0 saturated carbocycles. The number of carbonyl (C=O) groups is 1. The summed E-state index contributed by atoms with van der Waals surface area (Å²) in [5, 5.41) is 3.38. The number of amides is 1. The summed E-state index contributed by atoms with van der Waals surface area (Å²) < 4.78 is 35.6. The topological polar surface area (TPSA) is 106 Å². The molecule has 1 aliphatic heterocycles. The van der Waals surface area contributed by atoms with E-state index in [1.54, 1.807) is 10.8 Å². The smallest absolute Gasteiger partial charge is 0.262 e. The van der Waals surface area contributed by atoms with E-state index in [4.69, 9.17) is 4.74 Å². The molecule has 0 bridgehead atoms. The van der Waals surface area contributed by atoms with Crippen LogP contribution >= 0.6 is 11.3 Å². The van der Waals surface area contributed by atoms with Gasteiger partial charge in [0.15, 0.2) is 10.2 Å². The maximum absolute atomic E-state index is 13.0. The first-order valence-corrected chi connectivity index (χ1v) is 12.9. The largest absolute Gasteiger partial charge is 0.494 e. The van der Waals surface area contributed by atoms with E-state index in [9.17, 15) is 13.2 Å². The molecule has 1 unspecified atom stereocenters. The lowest BCUT2D eigenvalue weighted by atomic mass is 9.99. The van der Waals surface area contributed by atoms with E-state index < -0.39 is 15.9 Å². The van der Waals surface area contributed by atoms with Gasteiger partial charge in [0.05, 0.1) is 29.1 Å². The third kappa shape index (κ3) is 4.64. The van der Waals surface area contributed by atoms with Gasteiger partial charge >= 0.3 is 0 Å². The van der Waals surface area contributed by atoms with Gasteiger partial charge in [-0.05, 0) is 51.8 Å². The molecule has 0 spiro atoms. The summed E-state index contributed by atoms with van der Waals surface area (Å²) in [5.41, 5.74) is 0.780. The van der Waals surface area contributed by atoms with Gasteiger partial charge in [-0.3, -0.25) is 4.79 Å². The van der Waals surface area contributed by atoms with Crippen LogP contribution in [0.25, 0.3) is 10.2 Å². The molecular formula is C21H27N5O4S2. The molecule has 1 atom stereocenters. The van der Waals surface area contributed by atoms with Crippen LogP contribution in [-0.4, -0.2) is 52.9 Å². The molecule has 2 aromatic heterocycles. The second kappa shape index (κ2) is 9.16. The van der Waals surface area contributed by atoms with Crippen molar-refractivity contribution >= 4 is 42.6 Å². The standard InChI is InChI=1S/C21H27N5O4S2/c1-4-30-16-7-8-17-18(10-16)31-21(23-17)24-20(27)15-6-5-9-26(11-15)32(28,29)19-12-25(13-22-19)14(2)3/h7-8,10,12-15H,4-6,9,11H2,1-3H3,(H,23,24,27). The third-order valence-electron chi connectivity index (χ3n) is 5.43. The highest BCUT2D eigenvalue weighted by Gasteiger charge is 2.34. The van der Waals surface area contributed by atoms with Crippen molar-refractivity contribution < 1.29 is 17.9 Å². The molecule has 1 aliphatic rings. The van der Waals surface area contributed by atoms with Crippen LogP contribution in [0, 0.1) is 5.92 Å². The molecule has 0 radical (unpaired) electrons. The minimum atomic E-state index is -3.75. The lowest BCUT2D eigenvalue weighted by Crippen LogP contribution is -2.43. The molecule has 4 rings (SSSR count). The van der Waals surface area contributed by atoms with Gasteiger partial charge in [0.2, 0.25) is 5.91 Å². The zero-order valence-corrected chi connectivity index (χ0v) is 19.9. The maximum Gasteiger partial charge on any atom is 0.262 e. The summed E-state index contributed by atoms with van der Waals surface area (Å²) in [7, 11) is -3.75. The van der Waals surface area contributed by atoms with Crippen LogP contribution in [-0.2, 0) is 14.8 Å². The zero-order chi connectivity index (χ0) is 22.9. The zero-order valence-electron chi connectivity index (χ0n) is 18.3. The summed E-state index contributed by atoms with van der Waals surface area (Å²) in [6.45, 7) is 6.92. The molecule has 9 nitrogen and oxygen atoms in total. The summed E-state index contributed by atoms with van der Waals surface area (Å²) in [6.07, 6.45) is 4.30. The molecule has 1 amide bonds. The van der Waals surface area contributed by atoms with Crippen LogP contribution in [0.3, 0.4) is 0 Å². The first-order chi connectivity index (χ1) is 15.3. The number of rotatable bonds is 7. The predicted molar refractivity (Wildman–Crippen MR) is 124 cm³/mol. The van der Waals surface area contributed by atoms with Crippen LogP contribution in [0.15, 0.2) is 35.7 Å². The SMILES string of the molecule is CCOc1ccc2nc(NC(=O)C3CCCN(S(=O)(=O)c4cn(C(C)C)cn4)C3)sc2c1. The molecule has 3 aromatic rings. The number of anilines is 1. The van der Waals surface area contributed by atoms with E-state index in [1.165, 1.54) is 22.0 Å². The van der Waals surface area contributed by atoms with Crippen LogP contribution in [0.2, 0.25) is 0 Å². The highest BCUT2D eigenvalue weighted by molar-refractivity contribution is 7.89. The lowest BCUT2D eigenvalue weighted by Gasteiger charge is -2.30. The van der Waals surface area contributed by atoms with Gasteiger partial charge in [-0.2, -0.15) is 4.31 Å². The van der Waals surface area contributed by atoms with Gasteiger partial charge in [0.1, 0.15) is 5.75 Å². The summed E-state index contributed by atoms with van der Waals surface area (Å²) >= 11 is 1.37. The number of aromatic nitrogens is 3. The molecule has 32 heavy (non-hydrogen) atoms. The Labute approximate surface area is 191 Å². The number of imidazole rings is 1. The van der Waals surface area contributed by atoms with E-state index >= 15 is 0 Å². The molecule has 1 aromatic carbocycles. The lowest BCUT2D eigenvalue weighted by molar-refractivity contribution is -0.120. The number of fused-ring (bicyclic) bond motifs is 1. The van der Waals surface area contributed by atoms with E-state index in [2.05, 4.69) is 15.3 Å². The Balaban J connectivity index is 1.45. The first-order valence-electron chi connectivity index (χ1n) is 10.7. The molecule has 0 aliphatic carbocycles. The van der Waals surface area contributed by atoms with Crippen molar-refractivity contribution in [3.63, 3.8) is 0 Å². The molecule has 3 heterocycles. The number of thiazole rings is 1. The van der Waals surface area contributed by atoms with Gasteiger partial charge in [-0.1, -0.05) is 11.3 Å². The minimum absolute atomic E-state index is 0.0172. The van der Waals surface area contributed by atoms with Crippen molar-refractivity contribution in [1.82, 2.24) is 18.8 Å². The minimum Gasteiger partial charge on any atom is -0.494 e. The third-order valence-corrected chi connectivity index (χ3v) is 8.12. The average Bonchev–Trinajstić information content (AvgIpc) is 3.41. The van der Waals surface area contributed by atoms with Crippen molar-refractivity contribution in [1.29, 1.82) is 0 Å². The number of hydrogen-bond acceptors (Lipinski definition) is 7. The summed E-state index contributed by atoms with van der Waals surface area (Å²) in [5.74, 6) is 0.0907. The summed E-state index contributed by atoms with van der Waals surface area (Å²) in [4.78, 5) is 21.5. The normalized spacial score (nSPS) is 17.7. The fourth-order valence-electron chi connectivity index (χ4n) is 3.66. The second-order valence-electron chi connectivity index (χ2n) is 8.03. The molecule has 11 heteroatoms. The number of ether oxygens (including phenoxy) is 1. The predicted octanol–water partition coefficient (Wildman–Crippen LogP) is 3.51. The van der Waals surface area contributed by atoms with E-state index in [0.29, 0.717) is 31.1 Å². The van der Waals surface area contributed by atoms with Crippen molar-refractivity contribution in [3.8, 4) is 5.75 Å². The molecule has 1 N–H and O–H groups in total. The van der Waals surface area contributed by atoms with E-state index in [1.807, 2.05) is 39.0 Å². The Morgan fingerprint density at radius 1 is 1.38 bits per heavy atom. The number of benzene rings is 1. The van der Waals surface area contributed by atoms with Crippen LogP contribution in [0.4, 0.5) is 5.13 Å². The first kappa shape index (κ1) is 22.7. The van der Waals surface area contributed by atoms with E-state index in [0.717, 1.165) is 16.0 Å². The maximum atomic E-state index is 13.0. The van der Waals surface area contributed by atoms with Gasteiger partial charge in [0, 0.05) is 25.3 Å². The molecule has 1 saturated heterocycles. The quantitative estimate of drug-likeness (QED) is 0.558. The molecule has 1 fully saturated rings. The Kier molecular flexibility index (Phi) is 6.50. The van der Waals surface area contributed by atoms with Gasteiger partial charge in [-0.15, -0.1) is 0 Å². The number of hydrogen-bond donors (Lipinski definition) is 1. The number of carbonyl (C=O) groups excluding carboxylic acids is 1. The van der Waals surface area contributed by atoms with Crippen LogP contribution in [0.1, 0.15) is 39.7 Å². The van der Waals surface area contributed by atoms with Crippen LogP contribution < -0.4 is 10.1 Å². The van der Waals surface area contributed by atoms with Crippen molar-refractivity contribution in [2.45, 2.75) is 44.7 Å². The van der Waals surface area contributed by atoms with Gasteiger partial charge in [-0.25, -0.2) is 18.4 Å². The van der Waals surface area contributed by atoms with Gasteiger partial charge < -0.3 is 14.6 Å². The van der Waals surface area contributed by atoms with Crippen molar-refractivity contribution in [3.05, 3.63) is 30.7 Å². The van der Waals surface area contributed by atoms with Crippen molar-refractivity contribution in [2.75, 3.05) is 25.0 Å². The van der Waals surface area contributed by atoms with E-state index in [-0.39, 0.29) is 23.5 Å². The Bertz CT molecular complexity index is 1220. The Hall–Kier alpha value is -2.50. The highest BCUT2D eigenvalue weighted by atomic mass is 32.2. The number of sulfonamides is 1. The number of nitrogens with zero attached hydrogens (tertiary/aromatic N) is 4. The number of piperidine rings is 1. The van der Waals surface area contributed by atoms with Gasteiger partial charge in [0.25, 0.3) is 10.0 Å². The molecule has 172 valence electrons. The monoisotopic (exact) mass is 477 g/mol. The summed E-state index contributed by atoms with van der Waals surface area (Å²) in [6, 6.07) is 5.72. The van der Waals surface area contributed by atoms with Crippen molar-refractivity contribution in [2.24, 2.45) is 5.92 Å². The highest BCUT2D eigenvalue weighted by Crippen LogP contribution is 2.30. The Morgan fingerprint density at radius 2 is 2.19 bits per heavy atom. The number of nitrogens with one attached hydrogen (secondary N) is 1. The second-order valence-corrected chi connectivity index (χ2v) is 10.9. The fourth-order valence-corrected chi connectivity index (χ4v) is 6.01. The average molecular weight is 478 g/mol.